The average molecular weight is 501 g/mol. The van der Waals surface area contributed by atoms with E-state index in [0.717, 1.165) is 33.0 Å². The quantitative estimate of drug-likeness (QED) is 0.263. The Morgan fingerprint density at radius 2 is 1.11 bits per heavy atom. The van der Waals surface area contributed by atoms with Crippen LogP contribution in [0.15, 0.2) is 126 Å². The van der Waals surface area contributed by atoms with E-state index < -0.39 is 18.9 Å². The summed E-state index contributed by atoms with van der Waals surface area (Å²) in [4.78, 5) is 0. The van der Waals surface area contributed by atoms with Crippen molar-refractivity contribution in [2.24, 2.45) is 0 Å². The summed E-state index contributed by atoms with van der Waals surface area (Å²) in [5, 5.41) is 12.6. The largest absolute Gasteiger partial charge is 0.507 e. The highest BCUT2D eigenvalue weighted by Gasteiger charge is 2.35. The van der Waals surface area contributed by atoms with Gasteiger partial charge in [0.1, 0.15) is 16.9 Å². The van der Waals surface area contributed by atoms with Crippen molar-refractivity contribution in [3.8, 4) is 16.9 Å². The molecule has 6 aromatic rings. The van der Waals surface area contributed by atoms with Gasteiger partial charge in [-0.3, -0.25) is 0 Å². The fourth-order valence-electron chi connectivity index (χ4n) is 5.05. The highest BCUT2D eigenvalue weighted by molar-refractivity contribution is 6.08. The standard InChI is InChI=1S/C33H24O5/c34-27-19-26-29(20-25(27)21-11-4-1-5-12-21)35-28-18-10-17-24(30(26)28)33-37-31(22-13-6-2-7-14-22)36-32(38-33)23-15-8-3-9-16-23/h1-20,31-34H. The molecule has 5 aromatic carbocycles. The summed E-state index contributed by atoms with van der Waals surface area (Å²) >= 11 is 0. The van der Waals surface area contributed by atoms with Gasteiger partial charge >= 0.3 is 0 Å². The maximum Gasteiger partial charge on any atom is 0.191 e. The minimum absolute atomic E-state index is 0.180. The third-order valence-corrected chi connectivity index (χ3v) is 6.87. The Hall–Kier alpha value is -4.42. The van der Waals surface area contributed by atoms with E-state index in [4.69, 9.17) is 18.6 Å². The molecular weight excluding hydrogens is 476 g/mol. The molecule has 1 aromatic heterocycles. The van der Waals surface area contributed by atoms with E-state index in [0.29, 0.717) is 16.7 Å². The van der Waals surface area contributed by atoms with Crippen LogP contribution in [-0.2, 0) is 14.2 Å². The Balaban J connectivity index is 1.35. The molecule has 186 valence electrons. The summed E-state index contributed by atoms with van der Waals surface area (Å²) in [6.07, 6.45) is -2.00. The summed E-state index contributed by atoms with van der Waals surface area (Å²) < 4.78 is 25.4. The lowest BCUT2D eigenvalue weighted by molar-refractivity contribution is -0.396. The summed E-state index contributed by atoms with van der Waals surface area (Å²) in [5.41, 5.74) is 5.60. The summed E-state index contributed by atoms with van der Waals surface area (Å²) in [6.45, 7) is 0. The van der Waals surface area contributed by atoms with Crippen molar-refractivity contribution in [2.45, 2.75) is 18.9 Å². The molecule has 0 radical (unpaired) electrons. The smallest absolute Gasteiger partial charge is 0.191 e. The van der Waals surface area contributed by atoms with Gasteiger partial charge in [0, 0.05) is 33.0 Å². The molecule has 38 heavy (non-hydrogen) atoms. The van der Waals surface area contributed by atoms with E-state index in [2.05, 4.69) is 0 Å². The van der Waals surface area contributed by atoms with Crippen molar-refractivity contribution < 1.29 is 23.7 Å². The van der Waals surface area contributed by atoms with Crippen LogP contribution < -0.4 is 0 Å². The van der Waals surface area contributed by atoms with E-state index in [1.54, 1.807) is 6.07 Å². The van der Waals surface area contributed by atoms with Gasteiger partial charge in [-0.15, -0.1) is 0 Å². The van der Waals surface area contributed by atoms with Crippen molar-refractivity contribution >= 4 is 21.9 Å². The van der Waals surface area contributed by atoms with Gasteiger partial charge in [-0.05, 0) is 23.8 Å². The molecule has 0 saturated carbocycles. The molecule has 1 N–H and O–H groups in total. The average Bonchev–Trinajstić information content (AvgIpc) is 3.35. The van der Waals surface area contributed by atoms with Gasteiger partial charge in [0.05, 0.1) is 0 Å². The van der Waals surface area contributed by atoms with Gasteiger partial charge in [-0.2, -0.15) is 0 Å². The normalized spacial score (nSPS) is 19.6. The lowest BCUT2D eigenvalue weighted by Gasteiger charge is -2.36. The number of benzene rings is 5. The van der Waals surface area contributed by atoms with E-state index in [-0.39, 0.29) is 5.75 Å². The first-order chi connectivity index (χ1) is 18.7. The highest BCUT2D eigenvalue weighted by atomic mass is 16.9. The van der Waals surface area contributed by atoms with Gasteiger partial charge in [-0.1, -0.05) is 103 Å². The topological polar surface area (TPSA) is 61.1 Å². The van der Waals surface area contributed by atoms with Crippen LogP contribution in [-0.4, -0.2) is 5.11 Å². The number of hydrogen-bond donors (Lipinski definition) is 1. The fourth-order valence-corrected chi connectivity index (χ4v) is 5.05. The molecule has 5 nitrogen and oxygen atoms in total. The Kier molecular flexibility index (Phi) is 5.67. The summed E-state index contributed by atoms with van der Waals surface area (Å²) in [5.74, 6) is 0.180. The number of ether oxygens (including phenoxy) is 3. The number of phenols is 1. The molecule has 1 aliphatic heterocycles. The first-order valence-corrected chi connectivity index (χ1v) is 12.5. The van der Waals surface area contributed by atoms with E-state index >= 15 is 0 Å². The highest BCUT2D eigenvalue weighted by Crippen LogP contribution is 2.46. The third kappa shape index (κ3) is 4.03. The Labute approximate surface area is 219 Å². The predicted octanol–water partition coefficient (Wildman–Crippen LogP) is 8.42. The molecule has 0 amide bonds. The van der Waals surface area contributed by atoms with Crippen molar-refractivity contribution in [1.82, 2.24) is 0 Å². The number of phenolic OH excluding ortho intramolecular Hbond substituents is 1. The lowest BCUT2D eigenvalue weighted by atomic mass is 10.0. The van der Waals surface area contributed by atoms with Gasteiger partial charge in [0.25, 0.3) is 0 Å². The molecule has 0 bridgehead atoms. The number of aromatic hydroxyl groups is 1. The van der Waals surface area contributed by atoms with Gasteiger partial charge in [0.2, 0.25) is 0 Å². The molecular formula is C33H24O5. The molecule has 5 heteroatoms. The van der Waals surface area contributed by atoms with Crippen molar-refractivity contribution in [3.63, 3.8) is 0 Å². The van der Waals surface area contributed by atoms with Crippen LogP contribution in [0.2, 0.25) is 0 Å². The van der Waals surface area contributed by atoms with Crippen molar-refractivity contribution in [1.29, 1.82) is 0 Å². The molecule has 0 spiro atoms. The summed E-state index contributed by atoms with van der Waals surface area (Å²) in [7, 11) is 0. The van der Waals surface area contributed by atoms with Crippen molar-refractivity contribution in [2.75, 3.05) is 0 Å². The van der Waals surface area contributed by atoms with Crippen LogP contribution >= 0.6 is 0 Å². The Bertz CT molecular complexity index is 1660. The molecule has 7 rings (SSSR count). The van der Waals surface area contributed by atoms with Crippen LogP contribution in [0.5, 0.6) is 5.75 Å². The van der Waals surface area contributed by atoms with Gasteiger partial charge in [-0.25, -0.2) is 0 Å². The Morgan fingerprint density at radius 3 is 1.74 bits per heavy atom. The molecule has 1 saturated heterocycles. The first-order valence-electron chi connectivity index (χ1n) is 12.5. The number of hydrogen-bond acceptors (Lipinski definition) is 5. The number of rotatable bonds is 4. The zero-order chi connectivity index (χ0) is 25.5. The molecule has 1 aliphatic rings. The monoisotopic (exact) mass is 500 g/mol. The van der Waals surface area contributed by atoms with Crippen LogP contribution in [0.1, 0.15) is 35.6 Å². The second-order valence-electron chi connectivity index (χ2n) is 9.28. The maximum atomic E-state index is 11.0. The van der Waals surface area contributed by atoms with Crippen LogP contribution in [0.4, 0.5) is 0 Å². The molecule has 0 aliphatic carbocycles. The molecule has 2 heterocycles. The summed E-state index contributed by atoms with van der Waals surface area (Å²) in [6, 6.07) is 38.9. The lowest BCUT2D eigenvalue weighted by Crippen LogP contribution is -2.27. The zero-order valence-corrected chi connectivity index (χ0v) is 20.4. The minimum atomic E-state index is -0.736. The first kappa shape index (κ1) is 22.8. The number of furan rings is 1. The molecule has 2 unspecified atom stereocenters. The second kappa shape index (κ2) is 9.47. The minimum Gasteiger partial charge on any atom is -0.507 e. The molecule has 1 fully saturated rings. The second-order valence-corrected chi connectivity index (χ2v) is 9.28. The van der Waals surface area contributed by atoms with Crippen LogP contribution in [0.3, 0.4) is 0 Å². The molecule has 2 atom stereocenters. The maximum absolute atomic E-state index is 11.0. The van der Waals surface area contributed by atoms with Gasteiger partial charge in [0.15, 0.2) is 18.9 Å². The van der Waals surface area contributed by atoms with E-state index in [9.17, 15) is 5.11 Å². The Morgan fingerprint density at radius 1 is 0.526 bits per heavy atom. The predicted molar refractivity (Wildman–Crippen MR) is 145 cm³/mol. The number of fused-ring (bicyclic) bond motifs is 3. The fraction of sp³-hybridized carbons (Fsp3) is 0.0909. The third-order valence-electron chi connectivity index (χ3n) is 6.87. The van der Waals surface area contributed by atoms with Crippen LogP contribution in [0, 0.1) is 0 Å². The SMILES string of the molecule is Oc1cc2c(cc1-c1ccccc1)oc1cccc(C3OC(c4ccccc4)OC(c4ccccc4)O3)c12. The van der Waals surface area contributed by atoms with Crippen LogP contribution in [0.25, 0.3) is 33.1 Å². The van der Waals surface area contributed by atoms with E-state index in [1.165, 1.54) is 0 Å². The van der Waals surface area contributed by atoms with Crippen molar-refractivity contribution in [3.05, 3.63) is 138 Å². The van der Waals surface area contributed by atoms with Gasteiger partial charge < -0.3 is 23.7 Å². The zero-order valence-electron chi connectivity index (χ0n) is 20.4. The van der Waals surface area contributed by atoms with E-state index in [1.807, 2.05) is 115 Å².